The van der Waals surface area contributed by atoms with Crippen LogP contribution in [0.1, 0.15) is 37.0 Å². The van der Waals surface area contributed by atoms with Crippen molar-refractivity contribution in [3.8, 4) is 27.8 Å². The van der Waals surface area contributed by atoms with Gasteiger partial charge in [0.2, 0.25) is 5.78 Å². The van der Waals surface area contributed by atoms with Gasteiger partial charge in [0.05, 0.1) is 19.8 Å². The Labute approximate surface area is 180 Å². The van der Waals surface area contributed by atoms with Crippen LogP contribution in [0.15, 0.2) is 48.0 Å². The van der Waals surface area contributed by atoms with Gasteiger partial charge in [-0.1, -0.05) is 0 Å². The second-order valence-corrected chi connectivity index (χ2v) is 6.94. The van der Waals surface area contributed by atoms with Crippen LogP contribution in [0, 0.1) is 0 Å². The molecule has 30 heavy (non-hydrogen) atoms. The molecule has 3 aromatic rings. The third kappa shape index (κ3) is 5.24. The number of pyridine rings is 1. The molecule has 0 atom stereocenters. The number of aromatic nitrogens is 2. The lowest BCUT2D eigenvalue weighted by atomic mass is 10.2. The Balaban J connectivity index is 1.79. The fourth-order valence-electron chi connectivity index (χ4n) is 2.75. The summed E-state index contributed by atoms with van der Waals surface area (Å²) in [4.78, 5) is 21.3. The highest BCUT2D eigenvalue weighted by atomic mass is 32.1. The molecule has 7 heteroatoms. The summed E-state index contributed by atoms with van der Waals surface area (Å²) in [5, 5.41) is 2.49. The number of thiazole rings is 1. The zero-order chi connectivity index (χ0) is 21.3. The van der Waals surface area contributed by atoms with Gasteiger partial charge in [0.1, 0.15) is 22.1 Å². The molecule has 0 fully saturated rings. The van der Waals surface area contributed by atoms with E-state index in [1.54, 1.807) is 23.7 Å². The zero-order valence-corrected chi connectivity index (χ0v) is 18.1. The first-order valence-corrected chi connectivity index (χ1v) is 10.7. The Kier molecular flexibility index (Phi) is 7.57. The van der Waals surface area contributed by atoms with Crippen LogP contribution in [0.5, 0.6) is 17.2 Å². The van der Waals surface area contributed by atoms with Gasteiger partial charge in [-0.25, -0.2) is 4.98 Å². The third-order valence-electron chi connectivity index (χ3n) is 4.04. The van der Waals surface area contributed by atoms with E-state index < -0.39 is 0 Å². The highest BCUT2D eigenvalue weighted by molar-refractivity contribution is 7.13. The fourth-order valence-corrected chi connectivity index (χ4v) is 3.56. The summed E-state index contributed by atoms with van der Waals surface area (Å²) in [6, 6.07) is 9.29. The van der Waals surface area contributed by atoms with Crippen molar-refractivity contribution in [3.05, 3.63) is 59.4 Å². The smallest absolute Gasteiger partial charge is 0.205 e. The SMILES string of the molecule is CCOc1ccc(-c2nc(C(=O)C=Cc3ncccc3OCC)cs2)cc1OCC. The average molecular weight is 425 g/mol. The van der Waals surface area contributed by atoms with Gasteiger partial charge in [-0.2, -0.15) is 0 Å². The fraction of sp³-hybridized carbons (Fsp3) is 0.261. The molecule has 6 nitrogen and oxygen atoms in total. The maximum atomic E-state index is 12.6. The number of hydrogen-bond acceptors (Lipinski definition) is 7. The van der Waals surface area contributed by atoms with Crippen LogP contribution in [-0.2, 0) is 0 Å². The molecule has 3 rings (SSSR count). The average Bonchev–Trinajstić information content (AvgIpc) is 3.25. The van der Waals surface area contributed by atoms with Crippen LogP contribution >= 0.6 is 11.3 Å². The Hall–Kier alpha value is -3.19. The maximum absolute atomic E-state index is 12.6. The second kappa shape index (κ2) is 10.5. The van der Waals surface area contributed by atoms with Crippen LogP contribution < -0.4 is 14.2 Å². The highest BCUT2D eigenvalue weighted by Crippen LogP contribution is 2.34. The lowest BCUT2D eigenvalue weighted by molar-refractivity contribution is 0.104. The van der Waals surface area contributed by atoms with Crippen molar-refractivity contribution >= 4 is 23.2 Å². The molecule has 0 aliphatic rings. The molecule has 1 aromatic carbocycles. The Morgan fingerprint density at radius 3 is 2.50 bits per heavy atom. The number of nitrogens with zero attached hydrogens (tertiary/aromatic N) is 2. The minimum absolute atomic E-state index is 0.193. The van der Waals surface area contributed by atoms with E-state index in [0.717, 1.165) is 10.6 Å². The zero-order valence-electron chi connectivity index (χ0n) is 17.3. The highest BCUT2D eigenvalue weighted by Gasteiger charge is 2.13. The molecule has 0 saturated carbocycles. The quantitative estimate of drug-likeness (QED) is 0.325. The number of carbonyl (C=O) groups is 1. The standard InChI is InChI=1S/C23H24N2O4S/c1-4-27-20-8-7-13-24-17(20)10-11-19(26)18-15-30-23(25-18)16-9-12-21(28-5-2)22(14-16)29-6-3/h7-15H,4-6H2,1-3H3. The molecule has 2 heterocycles. The predicted molar refractivity (Wildman–Crippen MR) is 119 cm³/mol. The van der Waals surface area contributed by atoms with E-state index in [2.05, 4.69) is 9.97 Å². The number of carbonyl (C=O) groups excluding carboxylic acids is 1. The van der Waals surface area contributed by atoms with Crippen LogP contribution in [0.3, 0.4) is 0 Å². The second-order valence-electron chi connectivity index (χ2n) is 6.08. The first kappa shape index (κ1) is 21.5. The van der Waals surface area contributed by atoms with Crippen LogP contribution in [-0.4, -0.2) is 35.6 Å². The topological polar surface area (TPSA) is 70.5 Å². The number of allylic oxidation sites excluding steroid dienone is 1. The molecule has 0 amide bonds. The number of ketones is 1. The summed E-state index contributed by atoms with van der Waals surface area (Å²) >= 11 is 1.41. The van der Waals surface area contributed by atoms with Crippen LogP contribution in [0.2, 0.25) is 0 Å². The van der Waals surface area contributed by atoms with E-state index in [4.69, 9.17) is 14.2 Å². The molecule has 156 valence electrons. The molecule has 0 unspecified atom stereocenters. The van der Waals surface area contributed by atoms with Gasteiger partial charge < -0.3 is 14.2 Å². The summed E-state index contributed by atoms with van der Waals surface area (Å²) in [5.74, 6) is 1.81. The normalized spacial score (nSPS) is 10.9. The van der Waals surface area contributed by atoms with Gasteiger partial charge in [-0.05, 0) is 63.3 Å². The number of ether oxygens (including phenoxy) is 3. The molecule has 0 saturated heterocycles. The van der Waals surface area contributed by atoms with E-state index in [1.165, 1.54) is 17.4 Å². The molecular formula is C23H24N2O4S. The Bertz CT molecular complexity index is 1030. The molecule has 0 spiro atoms. The number of rotatable bonds is 10. The summed E-state index contributed by atoms with van der Waals surface area (Å²) < 4.78 is 16.8. The molecule has 2 aromatic heterocycles. The van der Waals surface area contributed by atoms with Gasteiger partial charge >= 0.3 is 0 Å². The minimum Gasteiger partial charge on any atom is -0.492 e. The van der Waals surface area contributed by atoms with Crippen molar-refractivity contribution in [2.24, 2.45) is 0 Å². The molecule has 0 aliphatic heterocycles. The summed E-state index contributed by atoms with van der Waals surface area (Å²) in [5.41, 5.74) is 1.86. The van der Waals surface area contributed by atoms with E-state index in [9.17, 15) is 4.79 Å². The van der Waals surface area contributed by atoms with Crippen LogP contribution in [0.25, 0.3) is 16.6 Å². The largest absolute Gasteiger partial charge is 0.492 e. The minimum atomic E-state index is -0.193. The predicted octanol–water partition coefficient (Wildman–Crippen LogP) is 5.30. The maximum Gasteiger partial charge on any atom is 0.205 e. The van der Waals surface area contributed by atoms with Crippen molar-refractivity contribution in [1.82, 2.24) is 9.97 Å². The van der Waals surface area contributed by atoms with E-state index in [0.29, 0.717) is 48.5 Å². The summed E-state index contributed by atoms with van der Waals surface area (Å²) in [7, 11) is 0. The first-order valence-electron chi connectivity index (χ1n) is 9.82. The van der Waals surface area contributed by atoms with Crippen molar-refractivity contribution in [2.45, 2.75) is 20.8 Å². The van der Waals surface area contributed by atoms with E-state index >= 15 is 0 Å². The summed E-state index contributed by atoms with van der Waals surface area (Å²) in [6.07, 6.45) is 4.78. The van der Waals surface area contributed by atoms with Gasteiger partial charge in [0.15, 0.2) is 11.5 Å². The van der Waals surface area contributed by atoms with Gasteiger partial charge in [0, 0.05) is 17.1 Å². The van der Waals surface area contributed by atoms with Crippen LogP contribution in [0.4, 0.5) is 0 Å². The molecule has 0 bridgehead atoms. The van der Waals surface area contributed by atoms with Crippen molar-refractivity contribution < 1.29 is 19.0 Å². The van der Waals surface area contributed by atoms with E-state index in [1.807, 2.05) is 45.0 Å². The third-order valence-corrected chi connectivity index (χ3v) is 4.93. The van der Waals surface area contributed by atoms with Gasteiger partial charge in [-0.3, -0.25) is 9.78 Å². The Morgan fingerprint density at radius 1 is 1.00 bits per heavy atom. The molecule has 0 radical (unpaired) electrons. The number of benzene rings is 1. The lowest BCUT2D eigenvalue weighted by Gasteiger charge is -2.11. The first-order chi connectivity index (χ1) is 14.7. The van der Waals surface area contributed by atoms with Gasteiger partial charge in [-0.15, -0.1) is 11.3 Å². The van der Waals surface area contributed by atoms with E-state index in [-0.39, 0.29) is 5.78 Å². The Morgan fingerprint density at radius 2 is 1.73 bits per heavy atom. The molecule has 0 aliphatic carbocycles. The molecular weight excluding hydrogens is 400 g/mol. The monoisotopic (exact) mass is 424 g/mol. The van der Waals surface area contributed by atoms with Crippen molar-refractivity contribution in [2.75, 3.05) is 19.8 Å². The van der Waals surface area contributed by atoms with Crippen molar-refractivity contribution in [1.29, 1.82) is 0 Å². The van der Waals surface area contributed by atoms with Gasteiger partial charge in [0.25, 0.3) is 0 Å². The number of hydrogen-bond donors (Lipinski definition) is 0. The summed E-state index contributed by atoms with van der Waals surface area (Å²) in [6.45, 7) is 7.38. The van der Waals surface area contributed by atoms with Crippen molar-refractivity contribution in [3.63, 3.8) is 0 Å². The molecule has 0 N–H and O–H groups in total. The lowest BCUT2D eigenvalue weighted by Crippen LogP contribution is -1.99.